The van der Waals surface area contributed by atoms with Gasteiger partial charge in [0.2, 0.25) is 0 Å². The zero-order valence-electron chi connectivity index (χ0n) is 6.76. The van der Waals surface area contributed by atoms with Crippen molar-refractivity contribution >= 4 is 0 Å². The van der Waals surface area contributed by atoms with Gasteiger partial charge in [0.1, 0.15) is 0 Å². The van der Waals surface area contributed by atoms with E-state index in [-0.39, 0.29) is 12.5 Å². The van der Waals surface area contributed by atoms with Gasteiger partial charge in [0.15, 0.2) is 0 Å². The largest absolute Gasteiger partial charge is 0.396 e. The van der Waals surface area contributed by atoms with E-state index in [9.17, 15) is 0 Å². The van der Waals surface area contributed by atoms with Crippen LogP contribution >= 0.6 is 0 Å². The Balaban J connectivity index is 2.89. The molecule has 0 aliphatic rings. The molecule has 2 N–H and O–H groups in total. The Morgan fingerprint density at radius 1 is 1.60 bits per heavy atom. The third-order valence-corrected chi connectivity index (χ3v) is 1.21. The number of ether oxygens (including phenoxy) is 1. The van der Waals surface area contributed by atoms with Crippen molar-refractivity contribution in [2.24, 2.45) is 5.92 Å². The van der Waals surface area contributed by atoms with E-state index in [1.54, 1.807) is 0 Å². The van der Waals surface area contributed by atoms with Crippen molar-refractivity contribution in [1.29, 1.82) is 0 Å². The van der Waals surface area contributed by atoms with Gasteiger partial charge in [0.05, 0.1) is 13.2 Å². The zero-order chi connectivity index (χ0) is 7.82. The summed E-state index contributed by atoms with van der Waals surface area (Å²) in [7, 11) is 1.89. The molecule has 0 rings (SSSR count). The summed E-state index contributed by atoms with van der Waals surface area (Å²) in [6.45, 7) is 4.41. The molecule has 0 aromatic heterocycles. The summed E-state index contributed by atoms with van der Waals surface area (Å²) in [5.41, 5.74) is 0. The van der Waals surface area contributed by atoms with Crippen LogP contribution in [0.3, 0.4) is 0 Å². The molecule has 0 fully saturated rings. The van der Waals surface area contributed by atoms with Crippen LogP contribution in [0.2, 0.25) is 0 Å². The minimum atomic E-state index is 0.208. The fraction of sp³-hybridized carbons (Fsp3) is 1.00. The summed E-state index contributed by atoms with van der Waals surface area (Å²) in [5.74, 6) is 0.261. The lowest BCUT2D eigenvalue weighted by atomic mass is 10.2. The van der Waals surface area contributed by atoms with Crippen LogP contribution in [0.15, 0.2) is 0 Å². The van der Waals surface area contributed by atoms with Crippen LogP contribution in [0.1, 0.15) is 6.92 Å². The second-order valence-electron chi connectivity index (χ2n) is 2.47. The first-order valence-corrected chi connectivity index (χ1v) is 3.64. The molecule has 0 aliphatic heterocycles. The molecular formula is C7H17NO2. The molecule has 3 heteroatoms. The highest BCUT2D eigenvalue weighted by Gasteiger charge is 1.97. The highest BCUT2D eigenvalue weighted by molar-refractivity contribution is 4.46. The molecule has 1 atom stereocenters. The quantitative estimate of drug-likeness (QED) is 0.513. The number of hydrogen-bond donors (Lipinski definition) is 2. The molecule has 0 bridgehead atoms. The molecule has 62 valence electrons. The average Bonchev–Trinajstić information content (AvgIpc) is 1.98. The van der Waals surface area contributed by atoms with Gasteiger partial charge in [-0.05, 0) is 7.05 Å². The van der Waals surface area contributed by atoms with Crippen LogP contribution in [0.5, 0.6) is 0 Å². The van der Waals surface area contributed by atoms with E-state index in [0.29, 0.717) is 6.61 Å². The number of likely N-dealkylation sites (N-methyl/N-ethyl adjacent to an activating group) is 1. The first-order valence-electron chi connectivity index (χ1n) is 3.64. The monoisotopic (exact) mass is 147 g/mol. The molecule has 0 radical (unpaired) electrons. The fourth-order valence-corrected chi connectivity index (χ4v) is 0.511. The molecule has 0 aromatic rings. The Hall–Kier alpha value is -0.120. The lowest BCUT2D eigenvalue weighted by Gasteiger charge is -2.07. The lowest BCUT2D eigenvalue weighted by molar-refractivity contribution is 0.0823. The normalized spacial score (nSPS) is 13.5. The summed E-state index contributed by atoms with van der Waals surface area (Å²) in [6, 6.07) is 0. The smallest absolute Gasteiger partial charge is 0.0590 e. The highest BCUT2D eigenvalue weighted by Crippen LogP contribution is 1.91. The minimum Gasteiger partial charge on any atom is -0.396 e. The van der Waals surface area contributed by atoms with Gasteiger partial charge in [0.25, 0.3) is 0 Å². The summed E-state index contributed by atoms with van der Waals surface area (Å²) in [4.78, 5) is 0. The summed E-state index contributed by atoms with van der Waals surface area (Å²) in [5, 5.41) is 11.6. The van der Waals surface area contributed by atoms with Gasteiger partial charge < -0.3 is 15.2 Å². The molecule has 0 aromatic carbocycles. The van der Waals surface area contributed by atoms with Gasteiger partial charge in [-0.25, -0.2) is 0 Å². The van der Waals surface area contributed by atoms with Crippen molar-refractivity contribution < 1.29 is 9.84 Å². The molecule has 0 heterocycles. The van der Waals surface area contributed by atoms with Crippen LogP contribution in [-0.4, -0.2) is 38.5 Å². The number of aliphatic hydroxyl groups excluding tert-OH is 1. The van der Waals surface area contributed by atoms with Crippen molar-refractivity contribution in [2.75, 3.05) is 33.4 Å². The molecule has 10 heavy (non-hydrogen) atoms. The van der Waals surface area contributed by atoms with Crippen LogP contribution in [0, 0.1) is 5.92 Å². The number of aliphatic hydroxyl groups is 1. The minimum absolute atomic E-state index is 0.208. The molecule has 0 amide bonds. The molecule has 0 saturated heterocycles. The predicted molar refractivity (Wildman–Crippen MR) is 41.0 cm³/mol. The van der Waals surface area contributed by atoms with Gasteiger partial charge >= 0.3 is 0 Å². The van der Waals surface area contributed by atoms with E-state index < -0.39 is 0 Å². The Morgan fingerprint density at radius 2 is 2.30 bits per heavy atom. The Labute approximate surface area is 62.4 Å². The maximum absolute atomic E-state index is 8.60. The van der Waals surface area contributed by atoms with Gasteiger partial charge in [-0.3, -0.25) is 0 Å². The predicted octanol–water partition coefficient (Wildman–Crippen LogP) is -0.149. The second-order valence-corrected chi connectivity index (χ2v) is 2.47. The molecule has 0 spiro atoms. The van der Waals surface area contributed by atoms with Crippen molar-refractivity contribution in [3.63, 3.8) is 0 Å². The number of nitrogens with one attached hydrogen (secondary N) is 1. The van der Waals surface area contributed by atoms with E-state index in [0.717, 1.165) is 13.2 Å². The SMILES string of the molecule is CNCCOCC(C)CO. The Bertz CT molecular complexity index is 68.6. The van der Waals surface area contributed by atoms with Crippen LogP contribution in [0.4, 0.5) is 0 Å². The molecule has 1 unspecified atom stereocenters. The van der Waals surface area contributed by atoms with E-state index in [1.807, 2.05) is 14.0 Å². The maximum atomic E-state index is 8.60. The van der Waals surface area contributed by atoms with Crippen molar-refractivity contribution in [2.45, 2.75) is 6.92 Å². The first-order chi connectivity index (χ1) is 4.81. The van der Waals surface area contributed by atoms with Crippen molar-refractivity contribution in [3.8, 4) is 0 Å². The molecule has 3 nitrogen and oxygen atoms in total. The van der Waals surface area contributed by atoms with Crippen molar-refractivity contribution in [3.05, 3.63) is 0 Å². The van der Waals surface area contributed by atoms with Crippen molar-refractivity contribution in [1.82, 2.24) is 5.32 Å². The lowest BCUT2D eigenvalue weighted by Crippen LogP contribution is -2.17. The highest BCUT2D eigenvalue weighted by atomic mass is 16.5. The fourth-order valence-electron chi connectivity index (χ4n) is 0.511. The van der Waals surface area contributed by atoms with Gasteiger partial charge in [-0.1, -0.05) is 6.92 Å². The summed E-state index contributed by atoms with van der Waals surface area (Å²) in [6.07, 6.45) is 0. The summed E-state index contributed by atoms with van der Waals surface area (Å²) < 4.78 is 5.20. The third kappa shape index (κ3) is 6.01. The maximum Gasteiger partial charge on any atom is 0.0590 e. The molecular weight excluding hydrogens is 130 g/mol. The van der Waals surface area contributed by atoms with E-state index >= 15 is 0 Å². The average molecular weight is 147 g/mol. The molecule has 0 saturated carbocycles. The van der Waals surface area contributed by atoms with Crippen LogP contribution in [-0.2, 0) is 4.74 Å². The van der Waals surface area contributed by atoms with Crippen LogP contribution in [0.25, 0.3) is 0 Å². The second kappa shape index (κ2) is 6.99. The first kappa shape index (κ1) is 9.88. The topological polar surface area (TPSA) is 41.5 Å². The molecule has 0 aliphatic carbocycles. The van der Waals surface area contributed by atoms with Gasteiger partial charge in [0, 0.05) is 19.1 Å². The number of hydrogen-bond acceptors (Lipinski definition) is 3. The zero-order valence-corrected chi connectivity index (χ0v) is 6.76. The Morgan fingerprint density at radius 3 is 2.80 bits per heavy atom. The van der Waals surface area contributed by atoms with E-state index in [1.165, 1.54) is 0 Å². The number of rotatable bonds is 6. The van der Waals surface area contributed by atoms with E-state index in [4.69, 9.17) is 9.84 Å². The van der Waals surface area contributed by atoms with Gasteiger partial charge in [-0.2, -0.15) is 0 Å². The standard InChI is InChI=1S/C7H17NO2/c1-7(5-9)6-10-4-3-8-2/h7-9H,3-6H2,1-2H3. The third-order valence-electron chi connectivity index (χ3n) is 1.21. The van der Waals surface area contributed by atoms with Gasteiger partial charge in [-0.15, -0.1) is 0 Å². The summed E-state index contributed by atoms with van der Waals surface area (Å²) >= 11 is 0. The van der Waals surface area contributed by atoms with E-state index in [2.05, 4.69) is 5.32 Å². The van der Waals surface area contributed by atoms with Crippen LogP contribution < -0.4 is 5.32 Å². The Kier molecular flexibility index (Phi) is 6.91.